The van der Waals surface area contributed by atoms with Gasteiger partial charge in [-0.05, 0) is 38.6 Å². The first-order valence-electron chi connectivity index (χ1n) is 11.0. The minimum Gasteiger partial charge on any atom is -0.378 e. The quantitative estimate of drug-likeness (QED) is 0.513. The summed E-state index contributed by atoms with van der Waals surface area (Å²) in [7, 11) is 2.03. The lowest BCUT2D eigenvalue weighted by molar-refractivity contribution is -0.00176. The van der Waals surface area contributed by atoms with E-state index in [4.69, 9.17) is 15.6 Å². The Balaban J connectivity index is 1.77. The lowest BCUT2D eigenvalue weighted by atomic mass is 9.99. The molecule has 1 aromatic carbocycles. The van der Waals surface area contributed by atoms with Crippen LogP contribution in [0.3, 0.4) is 0 Å². The van der Waals surface area contributed by atoms with Crippen LogP contribution in [0.5, 0.6) is 0 Å². The standard InChI is InChI=1S/C24H27N7O2/c1-15-11-18(12-16(2)26-15)20-21(17-7-5-4-6-8-17)27-23(25)31-22(20)28-30(24(31)32)13-19-14-33-10-9-29(19)3/h4-8,11-12,19H,9-10,13-14H2,1-3H3,(H2,25,27). The van der Waals surface area contributed by atoms with E-state index in [1.165, 1.54) is 9.08 Å². The molecule has 3 aromatic heterocycles. The van der Waals surface area contributed by atoms with Crippen molar-refractivity contribution in [2.45, 2.75) is 26.4 Å². The maximum absolute atomic E-state index is 13.4. The molecule has 1 aliphatic rings. The van der Waals surface area contributed by atoms with Crippen LogP contribution in [0.2, 0.25) is 0 Å². The molecule has 1 aliphatic heterocycles. The zero-order chi connectivity index (χ0) is 23.1. The zero-order valence-corrected chi connectivity index (χ0v) is 19.0. The number of likely N-dealkylation sites (N-methyl/N-ethyl adjacent to an activating group) is 1. The molecule has 2 N–H and O–H groups in total. The second kappa shape index (κ2) is 8.42. The van der Waals surface area contributed by atoms with E-state index in [1.807, 2.05) is 63.4 Å². The molecular weight excluding hydrogens is 418 g/mol. The summed E-state index contributed by atoms with van der Waals surface area (Å²) in [6, 6.07) is 13.8. The average Bonchev–Trinajstić information content (AvgIpc) is 3.11. The molecule has 0 aliphatic carbocycles. The van der Waals surface area contributed by atoms with Gasteiger partial charge in [-0.3, -0.25) is 9.88 Å². The molecule has 170 valence electrons. The normalized spacial score (nSPS) is 17.0. The molecular formula is C24H27N7O2. The van der Waals surface area contributed by atoms with Crippen LogP contribution in [0.25, 0.3) is 28.0 Å². The van der Waals surface area contributed by atoms with E-state index in [-0.39, 0.29) is 17.7 Å². The molecule has 0 bridgehead atoms. The number of ether oxygens (including phenoxy) is 1. The SMILES string of the molecule is Cc1cc(-c2c(-c3ccccc3)nc(N)n3c(=O)n(CC4COCCN4C)nc23)cc(C)n1. The molecule has 0 radical (unpaired) electrons. The topological polar surface area (TPSA) is 104 Å². The van der Waals surface area contributed by atoms with Gasteiger partial charge in [0.25, 0.3) is 0 Å². The van der Waals surface area contributed by atoms with E-state index in [9.17, 15) is 4.79 Å². The minimum atomic E-state index is -0.308. The summed E-state index contributed by atoms with van der Waals surface area (Å²) in [6.07, 6.45) is 0. The van der Waals surface area contributed by atoms with Crippen LogP contribution < -0.4 is 11.4 Å². The van der Waals surface area contributed by atoms with Gasteiger partial charge in [-0.1, -0.05) is 30.3 Å². The number of hydrogen-bond donors (Lipinski definition) is 1. The molecule has 0 amide bonds. The molecule has 9 heteroatoms. The largest absolute Gasteiger partial charge is 0.378 e. The summed E-state index contributed by atoms with van der Waals surface area (Å²) in [5.41, 5.74) is 11.5. The molecule has 1 unspecified atom stereocenters. The second-order valence-corrected chi connectivity index (χ2v) is 8.53. The van der Waals surface area contributed by atoms with Gasteiger partial charge in [-0.25, -0.2) is 18.9 Å². The second-order valence-electron chi connectivity index (χ2n) is 8.53. The molecule has 1 fully saturated rings. The predicted molar refractivity (Wildman–Crippen MR) is 127 cm³/mol. The van der Waals surface area contributed by atoms with Crippen LogP contribution in [0.1, 0.15) is 11.4 Å². The van der Waals surface area contributed by atoms with Gasteiger partial charge in [0.1, 0.15) is 0 Å². The van der Waals surface area contributed by atoms with E-state index in [0.29, 0.717) is 31.1 Å². The van der Waals surface area contributed by atoms with Crippen molar-refractivity contribution in [1.29, 1.82) is 0 Å². The Morgan fingerprint density at radius 3 is 2.52 bits per heavy atom. The van der Waals surface area contributed by atoms with Gasteiger partial charge in [0, 0.05) is 23.5 Å². The van der Waals surface area contributed by atoms with Crippen LogP contribution in [0.15, 0.2) is 47.3 Å². The van der Waals surface area contributed by atoms with Crippen LogP contribution in [0.4, 0.5) is 5.95 Å². The van der Waals surface area contributed by atoms with E-state index >= 15 is 0 Å². The fourth-order valence-electron chi connectivity index (χ4n) is 4.40. The van der Waals surface area contributed by atoms with Gasteiger partial charge in [-0.2, -0.15) is 0 Å². The third kappa shape index (κ3) is 3.90. The lowest BCUT2D eigenvalue weighted by Gasteiger charge is -2.31. The number of nitrogens with zero attached hydrogens (tertiary/aromatic N) is 6. The number of nitrogen functional groups attached to an aromatic ring is 1. The highest BCUT2D eigenvalue weighted by Gasteiger charge is 2.25. The molecule has 4 aromatic rings. The van der Waals surface area contributed by atoms with E-state index in [2.05, 4.69) is 14.9 Å². The average molecular weight is 446 g/mol. The van der Waals surface area contributed by atoms with Crippen molar-refractivity contribution in [2.75, 3.05) is 32.5 Å². The van der Waals surface area contributed by atoms with Crippen LogP contribution >= 0.6 is 0 Å². The van der Waals surface area contributed by atoms with Gasteiger partial charge in [0.2, 0.25) is 5.95 Å². The van der Waals surface area contributed by atoms with Crippen molar-refractivity contribution in [2.24, 2.45) is 0 Å². The molecule has 5 rings (SSSR count). The smallest absolute Gasteiger partial charge is 0.353 e. The first-order chi connectivity index (χ1) is 15.9. The fourth-order valence-corrected chi connectivity index (χ4v) is 4.40. The Bertz CT molecular complexity index is 1360. The molecule has 0 spiro atoms. The van der Waals surface area contributed by atoms with Crippen molar-refractivity contribution in [3.63, 3.8) is 0 Å². The number of fused-ring (bicyclic) bond motifs is 1. The number of rotatable bonds is 4. The first kappa shape index (κ1) is 21.3. The Labute approximate surface area is 191 Å². The Hall–Kier alpha value is -3.56. The van der Waals surface area contributed by atoms with Gasteiger partial charge in [0.15, 0.2) is 5.65 Å². The number of aromatic nitrogens is 5. The van der Waals surface area contributed by atoms with Crippen molar-refractivity contribution < 1.29 is 4.74 Å². The predicted octanol–water partition coefficient (Wildman–Crippen LogP) is 2.15. The number of benzene rings is 1. The van der Waals surface area contributed by atoms with Crippen LogP contribution in [-0.2, 0) is 11.3 Å². The third-order valence-electron chi connectivity index (χ3n) is 6.08. The van der Waals surface area contributed by atoms with Crippen LogP contribution in [-0.4, -0.2) is 61.9 Å². The first-order valence-corrected chi connectivity index (χ1v) is 11.0. The lowest BCUT2D eigenvalue weighted by Crippen LogP contribution is -2.46. The number of nitrogens with two attached hydrogens (primary N) is 1. The highest BCUT2D eigenvalue weighted by Crippen LogP contribution is 2.34. The number of morpholine rings is 1. The highest BCUT2D eigenvalue weighted by atomic mass is 16.5. The third-order valence-corrected chi connectivity index (χ3v) is 6.08. The molecule has 4 heterocycles. The minimum absolute atomic E-state index is 0.0537. The summed E-state index contributed by atoms with van der Waals surface area (Å²) in [5.74, 6) is 0.111. The monoisotopic (exact) mass is 445 g/mol. The number of pyridine rings is 1. The fraction of sp³-hybridized carbons (Fsp3) is 0.333. The number of aryl methyl sites for hydroxylation is 2. The molecule has 1 atom stereocenters. The van der Waals surface area contributed by atoms with Crippen molar-refractivity contribution in [3.8, 4) is 22.4 Å². The Kier molecular flexibility index (Phi) is 5.43. The van der Waals surface area contributed by atoms with Crippen molar-refractivity contribution >= 4 is 11.6 Å². The maximum atomic E-state index is 13.4. The summed E-state index contributed by atoms with van der Waals surface area (Å²) in [4.78, 5) is 24.7. The van der Waals surface area contributed by atoms with Gasteiger partial charge >= 0.3 is 5.69 Å². The van der Waals surface area contributed by atoms with Crippen molar-refractivity contribution in [1.82, 2.24) is 29.0 Å². The highest BCUT2D eigenvalue weighted by molar-refractivity contribution is 5.90. The van der Waals surface area contributed by atoms with Gasteiger partial charge in [-0.15, -0.1) is 5.10 Å². The van der Waals surface area contributed by atoms with Gasteiger partial charge < -0.3 is 10.5 Å². The zero-order valence-electron chi connectivity index (χ0n) is 19.0. The molecule has 33 heavy (non-hydrogen) atoms. The Morgan fingerprint density at radius 2 is 1.82 bits per heavy atom. The maximum Gasteiger partial charge on any atom is 0.353 e. The van der Waals surface area contributed by atoms with E-state index < -0.39 is 0 Å². The van der Waals surface area contributed by atoms with E-state index in [0.717, 1.165) is 34.6 Å². The van der Waals surface area contributed by atoms with E-state index in [1.54, 1.807) is 0 Å². The molecule has 9 nitrogen and oxygen atoms in total. The van der Waals surface area contributed by atoms with Gasteiger partial charge in [0.05, 0.1) is 37.1 Å². The summed E-state index contributed by atoms with van der Waals surface area (Å²) in [6.45, 7) is 6.36. The molecule has 1 saturated heterocycles. The summed E-state index contributed by atoms with van der Waals surface area (Å²) >= 11 is 0. The number of anilines is 1. The number of hydrogen-bond acceptors (Lipinski definition) is 7. The summed E-state index contributed by atoms with van der Waals surface area (Å²) < 4.78 is 8.50. The molecule has 0 saturated carbocycles. The Morgan fingerprint density at radius 1 is 1.09 bits per heavy atom. The van der Waals surface area contributed by atoms with Crippen LogP contribution in [0, 0.1) is 13.8 Å². The van der Waals surface area contributed by atoms with Crippen molar-refractivity contribution in [3.05, 3.63) is 64.3 Å². The summed E-state index contributed by atoms with van der Waals surface area (Å²) in [5, 5.41) is 4.77.